The first-order chi connectivity index (χ1) is 10.3. The molecule has 2 aromatic rings. The molecule has 0 spiro atoms. The van der Waals surface area contributed by atoms with Crippen LogP contribution >= 0.6 is 0 Å². The number of nitrogens with zero attached hydrogens (tertiary/aromatic N) is 1. The fraction of sp³-hybridized carbons (Fsp3) is 0.133. The van der Waals surface area contributed by atoms with Crippen molar-refractivity contribution in [2.24, 2.45) is 0 Å². The maximum atomic E-state index is 14.1. The summed E-state index contributed by atoms with van der Waals surface area (Å²) in [6, 6.07) is 8.75. The maximum Gasteiger partial charge on any atom is 0.573 e. The van der Waals surface area contributed by atoms with E-state index in [-0.39, 0.29) is 22.4 Å². The summed E-state index contributed by atoms with van der Waals surface area (Å²) in [5.74, 6) is -1.00. The van der Waals surface area contributed by atoms with E-state index in [2.05, 4.69) is 4.74 Å². The van der Waals surface area contributed by atoms with Crippen molar-refractivity contribution >= 4 is 0 Å². The summed E-state index contributed by atoms with van der Waals surface area (Å²) in [6.07, 6.45) is -4.87. The van der Waals surface area contributed by atoms with Crippen molar-refractivity contribution in [2.75, 3.05) is 7.11 Å². The summed E-state index contributed by atoms with van der Waals surface area (Å²) in [5, 5.41) is 9.03. The fourth-order valence-corrected chi connectivity index (χ4v) is 1.88. The zero-order chi connectivity index (χ0) is 16.3. The van der Waals surface area contributed by atoms with Crippen LogP contribution in [0.3, 0.4) is 0 Å². The number of alkyl halides is 3. The maximum absolute atomic E-state index is 14.1. The number of rotatable bonds is 3. The third-order valence-corrected chi connectivity index (χ3v) is 2.81. The van der Waals surface area contributed by atoms with Gasteiger partial charge in [-0.25, -0.2) is 4.39 Å². The van der Waals surface area contributed by atoms with Gasteiger partial charge in [-0.2, -0.15) is 5.26 Å². The number of hydrogen-bond donors (Lipinski definition) is 0. The molecule has 0 saturated carbocycles. The van der Waals surface area contributed by atoms with Crippen LogP contribution in [0.2, 0.25) is 0 Å². The molecule has 0 radical (unpaired) electrons. The molecule has 3 nitrogen and oxygen atoms in total. The number of halogens is 4. The predicted molar refractivity (Wildman–Crippen MR) is 69.8 cm³/mol. The first kappa shape index (κ1) is 15.6. The van der Waals surface area contributed by atoms with Gasteiger partial charge in [0.2, 0.25) is 0 Å². The van der Waals surface area contributed by atoms with E-state index in [1.54, 1.807) is 6.07 Å². The van der Waals surface area contributed by atoms with Gasteiger partial charge in [-0.3, -0.25) is 0 Å². The lowest BCUT2D eigenvalue weighted by molar-refractivity contribution is -0.274. The molecule has 0 unspecified atom stereocenters. The minimum atomic E-state index is -4.87. The third-order valence-electron chi connectivity index (χ3n) is 2.81. The highest BCUT2D eigenvalue weighted by molar-refractivity contribution is 5.73. The summed E-state index contributed by atoms with van der Waals surface area (Å²) in [5.41, 5.74) is 0.00738. The molecule has 7 heteroatoms. The molecular weight excluding hydrogens is 302 g/mol. The second-order valence-corrected chi connectivity index (χ2v) is 4.21. The van der Waals surface area contributed by atoms with Gasteiger partial charge >= 0.3 is 6.36 Å². The lowest BCUT2D eigenvalue weighted by atomic mass is 9.99. The van der Waals surface area contributed by atoms with Crippen LogP contribution in [-0.4, -0.2) is 13.5 Å². The zero-order valence-corrected chi connectivity index (χ0v) is 11.2. The molecule has 0 aliphatic carbocycles. The summed E-state index contributed by atoms with van der Waals surface area (Å²) >= 11 is 0. The Bertz CT molecular complexity index is 735. The molecule has 0 fully saturated rings. The van der Waals surface area contributed by atoms with Gasteiger partial charge in [0.25, 0.3) is 0 Å². The first-order valence-corrected chi connectivity index (χ1v) is 5.98. The smallest absolute Gasteiger partial charge is 0.497 e. The second-order valence-electron chi connectivity index (χ2n) is 4.21. The highest BCUT2D eigenvalue weighted by Crippen LogP contribution is 2.33. The van der Waals surface area contributed by atoms with Gasteiger partial charge < -0.3 is 9.47 Å². The SMILES string of the molecule is COc1ccc(-c2cc(OC(F)(F)F)ccc2C#N)c(F)c1. The number of benzene rings is 2. The summed E-state index contributed by atoms with van der Waals surface area (Å²) in [4.78, 5) is 0. The number of ether oxygens (including phenoxy) is 2. The van der Waals surface area contributed by atoms with Crippen LogP contribution in [0.15, 0.2) is 36.4 Å². The van der Waals surface area contributed by atoms with Crippen LogP contribution in [0.4, 0.5) is 17.6 Å². The van der Waals surface area contributed by atoms with Gasteiger partial charge in [0.15, 0.2) is 0 Å². The van der Waals surface area contributed by atoms with Gasteiger partial charge in [0, 0.05) is 17.2 Å². The minimum absolute atomic E-state index is 0.00408. The lowest BCUT2D eigenvalue weighted by Gasteiger charge is -2.12. The van der Waals surface area contributed by atoms with Crippen molar-refractivity contribution < 1.29 is 27.0 Å². The molecule has 114 valence electrons. The van der Waals surface area contributed by atoms with Gasteiger partial charge in [-0.1, -0.05) is 0 Å². The summed E-state index contributed by atoms with van der Waals surface area (Å²) in [7, 11) is 1.35. The largest absolute Gasteiger partial charge is 0.573 e. The van der Waals surface area contributed by atoms with Crippen LogP contribution in [-0.2, 0) is 0 Å². The topological polar surface area (TPSA) is 42.2 Å². The Labute approximate surface area is 123 Å². The van der Waals surface area contributed by atoms with Crippen LogP contribution in [0, 0.1) is 17.1 Å². The molecule has 0 amide bonds. The monoisotopic (exact) mass is 311 g/mol. The average molecular weight is 311 g/mol. The van der Waals surface area contributed by atoms with E-state index in [1.807, 2.05) is 0 Å². The Balaban J connectivity index is 2.53. The number of methoxy groups -OCH3 is 1. The second kappa shape index (κ2) is 5.93. The van der Waals surface area contributed by atoms with Gasteiger partial charge in [0.05, 0.1) is 18.7 Å². The van der Waals surface area contributed by atoms with E-state index in [0.717, 1.165) is 24.3 Å². The Kier molecular flexibility index (Phi) is 4.22. The predicted octanol–water partition coefficient (Wildman–Crippen LogP) is 4.27. The molecule has 0 aliphatic rings. The molecular formula is C15H9F4NO2. The van der Waals surface area contributed by atoms with Crippen molar-refractivity contribution in [3.05, 3.63) is 47.8 Å². The minimum Gasteiger partial charge on any atom is -0.497 e. The van der Waals surface area contributed by atoms with Gasteiger partial charge in [-0.05, 0) is 30.3 Å². The average Bonchev–Trinajstić information content (AvgIpc) is 2.45. The standard InChI is InChI=1S/C15H9F4NO2/c1-21-10-4-5-12(14(16)7-10)13-6-11(22-15(17,18)19)3-2-9(13)8-20/h2-7H,1H3. The molecule has 22 heavy (non-hydrogen) atoms. The highest BCUT2D eigenvalue weighted by Gasteiger charge is 2.31. The van der Waals surface area contributed by atoms with E-state index in [4.69, 9.17) is 10.00 Å². The number of nitriles is 1. The summed E-state index contributed by atoms with van der Waals surface area (Å²) < 4.78 is 59.5. The summed E-state index contributed by atoms with van der Waals surface area (Å²) in [6.45, 7) is 0. The molecule has 2 rings (SSSR count). The first-order valence-electron chi connectivity index (χ1n) is 5.98. The van der Waals surface area contributed by atoms with Crippen molar-refractivity contribution in [3.8, 4) is 28.7 Å². The zero-order valence-electron chi connectivity index (χ0n) is 11.2. The quantitative estimate of drug-likeness (QED) is 0.795. The van der Waals surface area contributed by atoms with Gasteiger partial charge in [-0.15, -0.1) is 13.2 Å². The van der Waals surface area contributed by atoms with E-state index in [1.165, 1.54) is 19.2 Å². The number of hydrogen-bond acceptors (Lipinski definition) is 3. The molecule has 0 N–H and O–H groups in total. The van der Waals surface area contributed by atoms with Crippen LogP contribution in [0.1, 0.15) is 5.56 Å². The molecule has 0 atom stereocenters. The van der Waals surface area contributed by atoms with Gasteiger partial charge in [0.1, 0.15) is 17.3 Å². The van der Waals surface area contributed by atoms with Crippen LogP contribution in [0.25, 0.3) is 11.1 Å². The Morgan fingerprint density at radius 3 is 2.23 bits per heavy atom. The Hall–Kier alpha value is -2.75. The van der Waals surface area contributed by atoms with Crippen molar-refractivity contribution in [1.29, 1.82) is 5.26 Å². The molecule has 2 aromatic carbocycles. The van der Waals surface area contributed by atoms with Crippen LogP contribution in [0.5, 0.6) is 11.5 Å². The molecule has 0 bridgehead atoms. The third kappa shape index (κ3) is 3.47. The molecule has 0 aliphatic heterocycles. The lowest BCUT2D eigenvalue weighted by Crippen LogP contribution is -2.17. The Morgan fingerprint density at radius 1 is 1.00 bits per heavy atom. The molecule has 0 saturated heterocycles. The van der Waals surface area contributed by atoms with Crippen LogP contribution < -0.4 is 9.47 Å². The van der Waals surface area contributed by atoms with E-state index < -0.39 is 17.9 Å². The van der Waals surface area contributed by atoms with Crippen molar-refractivity contribution in [2.45, 2.75) is 6.36 Å². The van der Waals surface area contributed by atoms with Crippen molar-refractivity contribution in [1.82, 2.24) is 0 Å². The fourth-order valence-electron chi connectivity index (χ4n) is 1.88. The molecule has 0 aromatic heterocycles. The Morgan fingerprint density at radius 2 is 1.68 bits per heavy atom. The van der Waals surface area contributed by atoms with E-state index in [0.29, 0.717) is 0 Å². The van der Waals surface area contributed by atoms with Crippen molar-refractivity contribution in [3.63, 3.8) is 0 Å². The highest BCUT2D eigenvalue weighted by atomic mass is 19.4. The van der Waals surface area contributed by atoms with E-state index in [9.17, 15) is 17.6 Å². The van der Waals surface area contributed by atoms with E-state index >= 15 is 0 Å². The normalized spacial score (nSPS) is 10.9. The molecule has 0 heterocycles.